The number of hydrogen-bond acceptors (Lipinski definition) is 5. The summed E-state index contributed by atoms with van der Waals surface area (Å²) >= 11 is 0. The molecule has 0 saturated carbocycles. The van der Waals surface area contributed by atoms with Crippen molar-refractivity contribution in [1.29, 1.82) is 0 Å². The lowest BCUT2D eigenvalue weighted by Gasteiger charge is -2.28. The van der Waals surface area contributed by atoms with Crippen LogP contribution in [-0.2, 0) is 0 Å². The lowest BCUT2D eigenvalue weighted by atomic mass is 10.00. The van der Waals surface area contributed by atoms with Crippen LogP contribution >= 0.6 is 0 Å². The number of para-hydroxylation sites is 8. The van der Waals surface area contributed by atoms with Crippen LogP contribution in [0.4, 0.5) is 0 Å². The Kier molecular flexibility index (Phi) is 9.66. The molecule has 9 heteroatoms. The smallest absolute Gasteiger partial charge is 0.337 e. The van der Waals surface area contributed by atoms with Gasteiger partial charge < -0.3 is 22.7 Å². The van der Waals surface area contributed by atoms with Gasteiger partial charge in [0.15, 0.2) is 23.1 Å². The summed E-state index contributed by atoms with van der Waals surface area (Å²) in [7, 11) is 0. The van der Waals surface area contributed by atoms with E-state index in [0.29, 0.717) is 39.7 Å². The van der Waals surface area contributed by atoms with Crippen molar-refractivity contribution in [3.05, 3.63) is 271 Å². The van der Waals surface area contributed by atoms with E-state index in [-0.39, 0.29) is 0 Å². The maximum absolute atomic E-state index is 15.5. The van der Waals surface area contributed by atoms with Gasteiger partial charge in [0.25, 0.3) is 0 Å². The highest BCUT2D eigenvalue weighted by atomic mass is 16.4. The summed E-state index contributed by atoms with van der Waals surface area (Å²) in [5, 5.41) is 9.20. The van der Waals surface area contributed by atoms with Crippen LogP contribution in [0.1, 0.15) is 0 Å². The summed E-state index contributed by atoms with van der Waals surface area (Å²) < 4.78 is 16.8. The molecule has 0 spiro atoms. The zero-order chi connectivity index (χ0) is 53.3. The van der Waals surface area contributed by atoms with Gasteiger partial charge in [-0.1, -0.05) is 206 Å². The first-order valence-electron chi connectivity index (χ1n) is 27.2. The van der Waals surface area contributed by atoms with Crippen LogP contribution < -0.4 is 5.63 Å². The highest BCUT2D eigenvalue weighted by molar-refractivity contribution is 6.20. The van der Waals surface area contributed by atoms with Crippen LogP contribution in [0.15, 0.2) is 270 Å². The van der Waals surface area contributed by atoms with Crippen molar-refractivity contribution in [3.8, 4) is 56.9 Å². The minimum Gasteiger partial charge on any atom is -0.420 e. The third-order valence-corrected chi connectivity index (χ3v) is 16.2. The summed E-state index contributed by atoms with van der Waals surface area (Å²) in [6.07, 6.45) is 0. The molecule has 0 unspecified atom stereocenters. The quantitative estimate of drug-likeness (QED) is 0.148. The van der Waals surface area contributed by atoms with E-state index in [1.807, 2.05) is 60.7 Å². The lowest BCUT2D eigenvalue weighted by Crippen LogP contribution is -2.16. The van der Waals surface area contributed by atoms with Gasteiger partial charge in [-0.2, -0.15) is 0 Å². The lowest BCUT2D eigenvalue weighted by molar-refractivity contribution is 0.559. The zero-order valence-electron chi connectivity index (χ0n) is 43.3. The van der Waals surface area contributed by atoms with Gasteiger partial charge in [-0.3, -0.25) is 0 Å². The van der Waals surface area contributed by atoms with E-state index < -0.39 is 5.63 Å². The number of benzene rings is 11. The van der Waals surface area contributed by atoms with Crippen molar-refractivity contribution in [2.45, 2.75) is 0 Å². The Morgan fingerprint density at radius 1 is 0.272 bits per heavy atom. The van der Waals surface area contributed by atoms with Gasteiger partial charge >= 0.3 is 5.63 Å². The van der Waals surface area contributed by atoms with Crippen LogP contribution in [0.3, 0.4) is 0 Å². The van der Waals surface area contributed by atoms with Crippen molar-refractivity contribution in [1.82, 2.24) is 33.2 Å². The highest BCUT2D eigenvalue weighted by Crippen LogP contribution is 2.51. The minimum absolute atomic E-state index is 0.314. The average Bonchev–Trinajstić information content (AvgIpc) is 2.67. The largest absolute Gasteiger partial charge is 0.420 e. The summed E-state index contributed by atoms with van der Waals surface area (Å²) in [5.74, 6) is 1.24. The molecule has 81 heavy (non-hydrogen) atoms. The van der Waals surface area contributed by atoms with Crippen LogP contribution in [0.25, 0.3) is 155 Å². The Balaban J connectivity index is 1.23. The minimum atomic E-state index is -0.562. The Hall–Kier alpha value is -11.2. The molecule has 0 amide bonds. The first-order chi connectivity index (χ1) is 40.2. The molecule has 0 radical (unpaired) electrons. The number of fused-ring (bicyclic) bond motifs is 13. The molecule has 6 aromatic heterocycles. The fourth-order valence-electron chi connectivity index (χ4n) is 13.0. The Morgan fingerprint density at radius 3 is 0.864 bits per heavy atom. The summed E-state index contributed by atoms with van der Waals surface area (Å²) in [5.41, 5.74) is 12.7. The number of rotatable bonds is 7. The molecule has 17 aromatic rings. The molecule has 0 N–H and O–H groups in total. The molecule has 9 nitrogen and oxygen atoms in total. The standard InChI is InChI=1S/C72H43N7O2/c80-63-43-54(72-74-70(44-23-3-1-4-24-44)73-71(75-72)45-25-5-2-6-26-45)64-65(76-55-35-15-7-27-46(55)47-28-8-16-36-56(47)76)66(77-57-37-17-9-29-48(57)49-30-10-18-38-58(49)77)67(78-59-39-19-11-31-50(59)51-32-12-20-40-60(51)78)68(69(64)81-63)79-61-41-21-13-33-52(61)53-34-14-22-42-62(53)79/h1-43H. The topological polar surface area (TPSA) is 88.6 Å². The molecule has 0 aliphatic rings. The van der Waals surface area contributed by atoms with Gasteiger partial charge in [0.1, 0.15) is 11.4 Å². The first-order valence-corrected chi connectivity index (χ1v) is 27.2. The molecule has 0 saturated heterocycles. The number of hydrogen-bond donors (Lipinski definition) is 0. The maximum atomic E-state index is 15.5. The SMILES string of the molecule is O=c1cc(-c2nc(-c3ccccc3)nc(-c3ccccc3)n2)c2c(-n3c4ccccc4c4ccccc43)c(-n3c4ccccc4c4ccccc43)c(-n3c4ccccc4c4ccccc43)c(-n3c4ccccc4c4ccccc43)c2o1. The van der Waals surface area contributed by atoms with E-state index >= 15 is 4.79 Å². The zero-order valence-corrected chi connectivity index (χ0v) is 43.3. The van der Waals surface area contributed by atoms with E-state index in [9.17, 15) is 0 Å². The van der Waals surface area contributed by atoms with Gasteiger partial charge in [0.2, 0.25) is 0 Å². The van der Waals surface area contributed by atoms with Crippen molar-refractivity contribution < 1.29 is 4.42 Å². The van der Waals surface area contributed by atoms with E-state index in [4.69, 9.17) is 19.4 Å². The Morgan fingerprint density at radius 2 is 0.531 bits per heavy atom. The second-order valence-corrected chi connectivity index (χ2v) is 20.6. The average molecular weight is 1040 g/mol. The van der Waals surface area contributed by atoms with Crippen molar-refractivity contribution in [2.24, 2.45) is 0 Å². The summed E-state index contributed by atoms with van der Waals surface area (Å²) in [4.78, 5) is 31.5. The summed E-state index contributed by atoms with van der Waals surface area (Å²) in [6, 6.07) is 90.4. The second-order valence-electron chi connectivity index (χ2n) is 20.6. The monoisotopic (exact) mass is 1040 g/mol. The summed E-state index contributed by atoms with van der Waals surface area (Å²) in [6.45, 7) is 0. The number of nitrogens with zero attached hydrogens (tertiary/aromatic N) is 7. The molecule has 0 fully saturated rings. The molecule has 0 aliphatic heterocycles. The normalized spacial score (nSPS) is 12.0. The van der Waals surface area contributed by atoms with Gasteiger partial charge in [0.05, 0.1) is 60.9 Å². The van der Waals surface area contributed by atoms with Crippen molar-refractivity contribution >= 4 is 98.2 Å². The third kappa shape index (κ3) is 6.54. The molecule has 6 heterocycles. The molecule has 0 bridgehead atoms. The molecule has 378 valence electrons. The fraction of sp³-hybridized carbons (Fsp3) is 0. The Bertz CT molecular complexity index is 5240. The fourth-order valence-corrected chi connectivity index (χ4v) is 13.0. The number of aromatic nitrogens is 7. The van der Waals surface area contributed by atoms with E-state index in [0.717, 1.165) is 115 Å². The maximum Gasteiger partial charge on any atom is 0.337 e. The first kappa shape index (κ1) is 44.9. The molecule has 17 rings (SSSR count). The van der Waals surface area contributed by atoms with Gasteiger partial charge in [0, 0.05) is 65.8 Å². The van der Waals surface area contributed by atoms with E-state index in [1.165, 1.54) is 0 Å². The molecule has 0 atom stereocenters. The van der Waals surface area contributed by atoms with Crippen LogP contribution in [0.2, 0.25) is 0 Å². The van der Waals surface area contributed by atoms with Crippen LogP contribution in [0.5, 0.6) is 0 Å². The molecular formula is C72H43N7O2. The Labute approximate surface area is 461 Å². The van der Waals surface area contributed by atoms with Gasteiger partial charge in [-0.25, -0.2) is 19.7 Å². The van der Waals surface area contributed by atoms with Crippen LogP contribution in [-0.4, -0.2) is 33.2 Å². The molecular weight excluding hydrogens is 995 g/mol. The highest BCUT2D eigenvalue weighted by Gasteiger charge is 2.35. The predicted octanol–water partition coefficient (Wildman–Crippen LogP) is 17.4. The molecule has 0 aliphatic carbocycles. The predicted molar refractivity (Wildman–Crippen MR) is 330 cm³/mol. The van der Waals surface area contributed by atoms with Crippen LogP contribution in [0, 0.1) is 0 Å². The molecule has 11 aromatic carbocycles. The van der Waals surface area contributed by atoms with Gasteiger partial charge in [-0.15, -0.1) is 0 Å². The van der Waals surface area contributed by atoms with E-state index in [2.05, 4.69) is 212 Å². The van der Waals surface area contributed by atoms with E-state index in [1.54, 1.807) is 6.07 Å². The third-order valence-electron chi connectivity index (χ3n) is 16.2. The second kappa shape index (κ2) is 17.4. The van der Waals surface area contributed by atoms with Crippen molar-refractivity contribution in [2.75, 3.05) is 0 Å². The van der Waals surface area contributed by atoms with Crippen molar-refractivity contribution in [3.63, 3.8) is 0 Å². The van der Waals surface area contributed by atoms with Gasteiger partial charge in [-0.05, 0) is 48.5 Å².